The van der Waals surface area contributed by atoms with Crippen molar-refractivity contribution in [2.24, 2.45) is 0 Å². The summed E-state index contributed by atoms with van der Waals surface area (Å²) in [6, 6.07) is 15.1. The highest BCUT2D eigenvalue weighted by Crippen LogP contribution is 2.22. The van der Waals surface area contributed by atoms with Gasteiger partial charge in [0.1, 0.15) is 0 Å². The molecule has 1 N–H and O–H groups in total. The molecule has 30 heavy (non-hydrogen) atoms. The number of hydrogen-bond donors (Lipinski definition) is 1. The highest BCUT2D eigenvalue weighted by atomic mass is 32.2. The molecule has 0 bridgehead atoms. The maximum absolute atomic E-state index is 12.7. The average Bonchev–Trinajstić information content (AvgIpc) is 3.16. The summed E-state index contributed by atoms with van der Waals surface area (Å²) >= 11 is 0. The van der Waals surface area contributed by atoms with E-state index in [1.807, 2.05) is 0 Å². The molecule has 1 amide bonds. The fourth-order valence-electron chi connectivity index (χ4n) is 2.70. The molecule has 3 rings (SSSR count). The minimum absolute atomic E-state index is 0.0108. The largest absolute Gasteiger partial charge is 0.459 e. The zero-order chi connectivity index (χ0) is 21.9. The third-order valence-electron chi connectivity index (χ3n) is 4.27. The molecule has 0 saturated carbocycles. The molecular formula is C20H20N2O6S2. The first-order valence-corrected chi connectivity index (χ1v) is 11.9. The number of sulfone groups is 1. The molecule has 0 aliphatic rings. The van der Waals surface area contributed by atoms with E-state index in [0.29, 0.717) is 0 Å². The van der Waals surface area contributed by atoms with Crippen LogP contribution in [0.5, 0.6) is 0 Å². The van der Waals surface area contributed by atoms with Crippen LogP contribution in [0.25, 0.3) is 0 Å². The lowest BCUT2D eigenvalue weighted by atomic mass is 10.2. The molecule has 2 aromatic carbocycles. The third kappa shape index (κ3) is 4.61. The minimum atomic E-state index is -3.67. The molecule has 0 atom stereocenters. The number of rotatable bonds is 7. The van der Waals surface area contributed by atoms with Crippen LogP contribution in [0.4, 0.5) is 5.69 Å². The number of benzene rings is 2. The van der Waals surface area contributed by atoms with Crippen molar-refractivity contribution in [3.63, 3.8) is 0 Å². The molecule has 0 aliphatic heterocycles. The molecule has 0 saturated heterocycles. The van der Waals surface area contributed by atoms with Crippen molar-refractivity contribution in [2.75, 3.05) is 19.4 Å². The molecule has 0 unspecified atom stereocenters. The Balaban J connectivity index is 1.83. The van der Waals surface area contributed by atoms with Gasteiger partial charge >= 0.3 is 0 Å². The number of carbonyl (C=O) groups is 1. The molecule has 0 spiro atoms. The van der Waals surface area contributed by atoms with E-state index in [9.17, 15) is 21.6 Å². The number of nitrogens with one attached hydrogen (secondary N) is 1. The Morgan fingerprint density at radius 2 is 1.60 bits per heavy atom. The molecule has 0 aliphatic carbocycles. The van der Waals surface area contributed by atoms with E-state index in [-0.39, 0.29) is 26.8 Å². The van der Waals surface area contributed by atoms with Gasteiger partial charge in [-0.15, -0.1) is 0 Å². The van der Waals surface area contributed by atoms with Crippen LogP contribution in [0, 0.1) is 0 Å². The highest BCUT2D eigenvalue weighted by Gasteiger charge is 2.23. The summed E-state index contributed by atoms with van der Waals surface area (Å²) in [5.74, 6) is -1.25. The van der Waals surface area contributed by atoms with Crippen molar-refractivity contribution in [1.29, 1.82) is 0 Å². The molecular weight excluding hydrogens is 428 g/mol. The van der Waals surface area contributed by atoms with Crippen LogP contribution < -0.4 is 5.32 Å². The number of nitrogens with zero attached hydrogens (tertiary/aromatic N) is 1. The van der Waals surface area contributed by atoms with Gasteiger partial charge in [0.2, 0.25) is 10.0 Å². The molecule has 158 valence electrons. The van der Waals surface area contributed by atoms with Gasteiger partial charge in [-0.05, 0) is 36.4 Å². The summed E-state index contributed by atoms with van der Waals surface area (Å²) in [6.45, 7) is 0. The van der Waals surface area contributed by atoms with Crippen molar-refractivity contribution in [3.05, 3.63) is 78.3 Å². The fraction of sp³-hybridized carbons (Fsp3) is 0.150. The standard InChI is InChI=1S/C20H20N2O6S2/c1-22(2)30(26,27)18-10-6-7-16(13-18)21-20(23)19-15(11-12-28-19)14-29(24,25)17-8-4-3-5-9-17/h3-13H,14H2,1-2H3,(H,21,23). The Labute approximate surface area is 175 Å². The van der Waals surface area contributed by atoms with Gasteiger partial charge in [0, 0.05) is 25.3 Å². The SMILES string of the molecule is CN(C)S(=O)(=O)c1cccc(NC(=O)c2occc2CS(=O)(=O)c2ccccc2)c1. The van der Waals surface area contributed by atoms with Crippen LogP contribution in [0.2, 0.25) is 0 Å². The van der Waals surface area contributed by atoms with Gasteiger partial charge < -0.3 is 9.73 Å². The Bertz CT molecular complexity index is 1260. The molecule has 10 heteroatoms. The predicted molar refractivity (Wildman–Crippen MR) is 111 cm³/mol. The number of furan rings is 1. The van der Waals surface area contributed by atoms with E-state index >= 15 is 0 Å². The third-order valence-corrected chi connectivity index (χ3v) is 7.76. The van der Waals surface area contributed by atoms with E-state index in [1.165, 1.54) is 62.8 Å². The van der Waals surface area contributed by atoms with E-state index in [4.69, 9.17) is 4.42 Å². The average molecular weight is 449 g/mol. The number of amides is 1. The Kier molecular flexibility index (Phi) is 6.11. The second-order valence-electron chi connectivity index (χ2n) is 6.62. The molecule has 1 aromatic heterocycles. The Hall–Kier alpha value is -2.95. The van der Waals surface area contributed by atoms with E-state index in [0.717, 1.165) is 4.31 Å². The van der Waals surface area contributed by atoms with E-state index in [1.54, 1.807) is 18.2 Å². The smallest absolute Gasteiger partial charge is 0.291 e. The number of hydrogen-bond acceptors (Lipinski definition) is 6. The van der Waals surface area contributed by atoms with Gasteiger partial charge in [-0.3, -0.25) is 4.79 Å². The summed E-state index contributed by atoms with van der Waals surface area (Å²) in [4.78, 5) is 12.8. The lowest BCUT2D eigenvalue weighted by Gasteiger charge is -2.12. The lowest BCUT2D eigenvalue weighted by molar-refractivity contribution is 0.0995. The van der Waals surface area contributed by atoms with Crippen molar-refractivity contribution in [3.8, 4) is 0 Å². The van der Waals surface area contributed by atoms with E-state index < -0.39 is 31.5 Å². The number of carbonyl (C=O) groups excluding carboxylic acids is 1. The van der Waals surface area contributed by atoms with Crippen molar-refractivity contribution < 1.29 is 26.0 Å². The summed E-state index contributed by atoms with van der Waals surface area (Å²) < 4.78 is 56.0. The fourth-order valence-corrected chi connectivity index (χ4v) is 5.02. The van der Waals surface area contributed by atoms with Crippen LogP contribution in [0.15, 0.2) is 81.1 Å². The van der Waals surface area contributed by atoms with Gasteiger partial charge in [0.25, 0.3) is 5.91 Å². The molecule has 1 heterocycles. The summed E-state index contributed by atoms with van der Waals surface area (Å²) in [6.07, 6.45) is 1.23. The van der Waals surface area contributed by atoms with Gasteiger partial charge in [-0.2, -0.15) is 0 Å². The molecule has 0 fully saturated rings. The van der Waals surface area contributed by atoms with Crippen LogP contribution in [0.1, 0.15) is 16.1 Å². The second kappa shape index (κ2) is 8.42. The van der Waals surface area contributed by atoms with Crippen LogP contribution in [0.3, 0.4) is 0 Å². The number of sulfonamides is 1. The Morgan fingerprint density at radius 1 is 0.933 bits per heavy atom. The Morgan fingerprint density at radius 3 is 2.27 bits per heavy atom. The van der Waals surface area contributed by atoms with E-state index in [2.05, 4.69) is 5.32 Å². The zero-order valence-electron chi connectivity index (χ0n) is 16.3. The first kappa shape index (κ1) is 21.8. The second-order valence-corrected chi connectivity index (χ2v) is 10.8. The van der Waals surface area contributed by atoms with Gasteiger partial charge in [0.05, 0.1) is 21.8 Å². The zero-order valence-corrected chi connectivity index (χ0v) is 17.9. The maximum Gasteiger partial charge on any atom is 0.291 e. The first-order valence-electron chi connectivity index (χ1n) is 8.79. The van der Waals surface area contributed by atoms with Crippen LogP contribution in [-0.2, 0) is 25.6 Å². The summed E-state index contributed by atoms with van der Waals surface area (Å²) in [5.41, 5.74) is 0.435. The topological polar surface area (TPSA) is 114 Å². The van der Waals surface area contributed by atoms with Crippen molar-refractivity contribution in [2.45, 2.75) is 15.5 Å². The highest BCUT2D eigenvalue weighted by molar-refractivity contribution is 7.90. The van der Waals surface area contributed by atoms with Gasteiger partial charge in [-0.25, -0.2) is 21.1 Å². The summed E-state index contributed by atoms with van der Waals surface area (Å²) in [5, 5.41) is 2.55. The maximum atomic E-state index is 12.7. The predicted octanol–water partition coefficient (Wildman–Crippen LogP) is 2.76. The summed E-state index contributed by atoms with van der Waals surface area (Å²) in [7, 11) is -4.53. The normalized spacial score (nSPS) is 12.1. The first-order chi connectivity index (χ1) is 14.1. The molecule has 8 nitrogen and oxygen atoms in total. The minimum Gasteiger partial charge on any atom is -0.459 e. The molecule has 3 aromatic rings. The van der Waals surface area contributed by atoms with Crippen molar-refractivity contribution in [1.82, 2.24) is 4.31 Å². The van der Waals surface area contributed by atoms with Crippen molar-refractivity contribution >= 4 is 31.5 Å². The van der Waals surface area contributed by atoms with Crippen LogP contribution in [-0.4, -0.2) is 41.1 Å². The van der Waals surface area contributed by atoms with Gasteiger partial charge in [-0.1, -0.05) is 24.3 Å². The number of anilines is 1. The monoisotopic (exact) mass is 448 g/mol. The lowest BCUT2D eigenvalue weighted by Crippen LogP contribution is -2.22. The quantitative estimate of drug-likeness (QED) is 0.595. The van der Waals surface area contributed by atoms with Crippen LogP contribution >= 0.6 is 0 Å². The van der Waals surface area contributed by atoms with Gasteiger partial charge in [0.15, 0.2) is 15.6 Å². The molecule has 0 radical (unpaired) electrons.